The molecular formula is C33H34F7N3O2. The van der Waals surface area contributed by atoms with Crippen LogP contribution in [0.3, 0.4) is 0 Å². The highest BCUT2D eigenvalue weighted by atomic mass is 19.4. The SMILES string of the molecule is N#Cc1c(F)cccc1OCC1CCN(c2ccc(C(F)(F)F)cc2)CC1.OCC1CCN(c2ccc(C(F)(F)F)cc2)CC1. The van der Waals surface area contributed by atoms with Gasteiger partial charge >= 0.3 is 12.4 Å². The highest BCUT2D eigenvalue weighted by Crippen LogP contribution is 2.33. The Morgan fingerprint density at radius 1 is 0.711 bits per heavy atom. The number of ether oxygens (including phenoxy) is 1. The third-order valence-corrected chi connectivity index (χ3v) is 8.17. The van der Waals surface area contributed by atoms with Crippen LogP contribution in [0.4, 0.5) is 42.1 Å². The molecule has 0 spiro atoms. The Hall–Kier alpha value is -3.98. The number of nitrogens with zero attached hydrogens (tertiary/aromatic N) is 3. The number of hydrogen-bond acceptors (Lipinski definition) is 5. The van der Waals surface area contributed by atoms with Crippen molar-refractivity contribution in [3.05, 3.63) is 89.2 Å². The summed E-state index contributed by atoms with van der Waals surface area (Å²) in [5, 5.41) is 18.0. The van der Waals surface area contributed by atoms with Gasteiger partial charge in [-0.05, 0) is 98.2 Å². The van der Waals surface area contributed by atoms with Crippen LogP contribution in [-0.4, -0.2) is 44.5 Å². The zero-order chi connectivity index (χ0) is 32.6. The van der Waals surface area contributed by atoms with Crippen LogP contribution in [-0.2, 0) is 12.4 Å². The lowest BCUT2D eigenvalue weighted by Gasteiger charge is -2.33. The van der Waals surface area contributed by atoms with Gasteiger partial charge in [-0.2, -0.15) is 31.6 Å². The summed E-state index contributed by atoms with van der Waals surface area (Å²) in [4.78, 5) is 4.10. The summed E-state index contributed by atoms with van der Waals surface area (Å²) >= 11 is 0. The molecule has 2 aliphatic heterocycles. The molecule has 0 amide bonds. The van der Waals surface area contributed by atoms with Crippen molar-refractivity contribution in [1.82, 2.24) is 0 Å². The van der Waals surface area contributed by atoms with Crippen molar-refractivity contribution >= 4 is 11.4 Å². The maximum atomic E-state index is 13.6. The molecule has 5 nitrogen and oxygen atoms in total. The van der Waals surface area contributed by atoms with Crippen molar-refractivity contribution in [2.75, 3.05) is 49.2 Å². The number of piperidine rings is 2. The molecule has 1 N–H and O–H groups in total. The maximum absolute atomic E-state index is 13.6. The molecule has 0 radical (unpaired) electrons. The second kappa shape index (κ2) is 14.9. The molecule has 3 aromatic carbocycles. The lowest BCUT2D eigenvalue weighted by Crippen LogP contribution is -2.35. The van der Waals surface area contributed by atoms with Crippen LogP contribution >= 0.6 is 0 Å². The van der Waals surface area contributed by atoms with Gasteiger partial charge in [-0.1, -0.05) is 6.07 Å². The van der Waals surface area contributed by atoms with Crippen molar-refractivity contribution in [3.63, 3.8) is 0 Å². The van der Waals surface area contributed by atoms with Gasteiger partial charge in [0.25, 0.3) is 0 Å². The molecule has 2 aliphatic rings. The summed E-state index contributed by atoms with van der Waals surface area (Å²) in [7, 11) is 0. The fraction of sp³-hybridized carbons (Fsp3) is 0.424. The predicted octanol–water partition coefficient (Wildman–Crippen LogP) is 7.93. The molecule has 0 saturated carbocycles. The van der Waals surface area contributed by atoms with Crippen LogP contribution in [0.25, 0.3) is 0 Å². The molecule has 0 unspecified atom stereocenters. The maximum Gasteiger partial charge on any atom is 0.416 e. The number of anilines is 2. The third-order valence-electron chi connectivity index (χ3n) is 8.17. The second-order valence-electron chi connectivity index (χ2n) is 11.2. The van der Waals surface area contributed by atoms with Crippen molar-refractivity contribution in [1.29, 1.82) is 5.26 Å². The monoisotopic (exact) mass is 637 g/mol. The Balaban J connectivity index is 0.000000222. The average Bonchev–Trinajstić information content (AvgIpc) is 3.04. The number of benzene rings is 3. The van der Waals surface area contributed by atoms with Gasteiger partial charge in [-0.15, -0.1) is 0 Å². The largest absolute Gasteiger partial charge is 0.492 e. The standard InChI is InChI=1S/C20H18F4N2O.C13H16F3NO/c21-18-2-1-3-19(17(18)12-25)27-13-14-8-10-26(11-9-14)16-6-4-15(5-7-16)20(22,23)24;14-13(15,16)11-1-3-12(4-2-11)17-7-5-10(9-18)6-8-17/h1-7,14H,8-11,13H2;1-4,10,18H,5-9H2. The van der Waals surface area contributed by atoms with Crippen LogP contribution < -0.4 is 14.5 Å². The minimum absolute atomic E-state index is 0.0975. The molecule has 2 fully saturated rings. The summed E-state index contributed by atoms with van der Waals surface area (Å²) < 4.78 is 94.4. The van der Waals surface area contributed by atoms with Crippen LogP contribution in [0.2, 0.25) is 0 Å². The van der Waals surface area contributed by atoms with Gasteiger partial charge in [-0.3, -0.25) is 0 Å². The summed E-state index contributed by atoms with van der Waals surface area (Å²) in [6, 6.07) is 16.5. The number of hydrogen-bond donors (Lipinski definition) is 1. The van der Waals surface area contributed by atoms with Gasteiger partial charge in [0.05, 0.1) is 17.7 Å². The Morgan fingerprint density at radius 3 is 1.56 bits per heavy atom. The number of aliphatic hydroxyl groups is 1. The highest BCUT2D eigenvalue weighted by molar-refractivity contribution is 5.49. The normalized spacial score (nSPS) is 16.5. The van der Waals surface area contributed by atoms with Crippen LogP contribution in [0.5, 0.6) is 5.75 Å². The van der Waals surface area contributed by atoms with Gasteiger partial charge in [0.15, 0.2) is 0 Å². The summed E-state index contributed by atoms with van der Waals surface area (Å²) in [5.41, 5.74) is 0.216. The van der Waals surface area contributed by atoms with Crippen LogP contribution in [0, 0.1) is 29.0 Å². The number of aliphatic hydroxyl groups excluding tert-OH is 1. The van der Waals surface area contributed by atoms with E-state index in [0.717, 1.165) is 74.4 Å². The number of alkyl halides is 6. The van der Waals surface area contributed by atoms with Crippen LogP contribution in [0.1, 0.15) is 42.4 Å². The average molecular weight is 638 g/mol. The Labute approximate surface area is 257 Å². The summed E-state index contributed by atoms with van der Waals surface area (Å²) in [6.45, 7) is 3.55. The first-order chi connectivity index (χ1) is 21.4. The van der Waals surface area contributed by atoms with E-state index < -0.39 is 29.3 Å². The third kappa shape index (κ3) is 9.26. The Kier molecular flexibility index (Phi) is 11.2. The lowest BCUT2D eigenvalue weighted by atomic mass is 9.97. The fourth-order valence-electron chi connectivity index (χ4n) is 5.39. The molecule has 2 saturated heterocycles. The van der Waals surface area contributed by atoms with Crippen LogP contribution in [0.15, 0.2) is 66.7 Å². The number of nitriles is 1. The zero-order valence-electron chi connectivity index (χ0n) is 24.4. The smallest absolute Gasteiger partial charge is 0.416 e. The van der Waals surface area contributed by atoms with Gasteiger partial charge in [-0.25, -0.2) is 4.39 Å². The van der Waals surface area contributed by atoms with E-state index >= 15 is 0 Å². The fourth-order valence-corrected chi connectivity index (χ4v) is 5.39. The van der Waals surface area contributed by atoms with E-state index in [1.807, 2.05) is 4.90 Å². The zero-order valence-corrected chi connectivity index (χ0v) is 24.4. The first-order valence-corrected chi connectivity index (χ1v) is 14.7. The van der Waals surface area contributed by atoms with E-state index in [2.05, 4.69) is 4.90 Å². The van der Waals surface area contributed by atoms with Crippen molar-refractivity contribution in [3.8, 4) is 11.8 Å². The molecule has 45 heavy (non-hydrogen) atoms. The summed E-state index contributed by atoms with van der Waals surface area (Å²) in [6.07, 6.45) is -5.23. The molecule has 12 heteroatoms. The van der Waals surface area contributed by atoms with Crippen molar-refractivity contribution in [2.45, 2.75) is 38.0 Å². The van der Waals surface area contributed by atoms with Crippen molar-refractivity contribution < 1.29 is 40.6 Å². The van der Waals surface area contributed by atoms with Gasteiger partial charge < -0.3 is 19.6 Å². The summed E-state index contributed by atoms with van der Waals surface area (Å²) in [5.74, 6) is 0.205. The topological polar surface area (TPSA) is 59.7 Å². The van der Waals surface area contributed by atoms with Gasteiger partial charge in [0.1, 0.15) is 23.2 Å². The molecule has 242 valence electrons. The van der Waals surface area contributed by atoms with Gasteiger partial charge in [0, 0.05) is 44.2 Å². The molecule has 3 aromatic rings. The predicted molar refractivity (Wildman–Crippen MR) is 156 cm³/mol. The van der Waals surface area contributed by atoms with Crippen molar-refractivity contribution in [2.24, 2.45) is 11.8 Å². The first-order valence-electron chi connectivity index (χ1n) is 14.7. The van der Waals surface area contributed by atoms with E-state index in [-0.39, 0.29) is 23.8 Å². The lowest BCUT2D eigenvalue weighted by molar-refractivity contribution is -0.138. The van der Waals surface area contributed by atoms with E-state index in [9.17, 15) is 30.7 Å². The Morgan fingerprint density at radius 2 is 1.16 bits per heavy atom. The molecule has 0 atom stereocenters. The van der Waals surface area contributed by atoms with E-state index in [4.69, 9.17) is 15.1 Å². The first kappa shape index (κ1) is 33.9. The van der Waals surface area contributed by atoms with Gasteiger partial charge in [0.2, 0.25) is 0 Å². The van der Waals surface area contributed by atoms with E-state index in [1.54, 1.807) is 12.1 Å². The Bertz CT molecular complexity index is 1400. The number of rotatable bonds is 6. The molecule has 0 aliphatic carbocycles. The minimum atomic E-state index is -4.33. The molecule has 0 aromatic heterocycles. The highest BCUT2D eigenvalue weighted by Gasteiger charge is 2.31. The second-order valence-corrected chi connectivity index (χ2v) is 11.2. The molecule has 0 bridgehead atoms. The number of halogens is 7. The minimum Gasteiger partial charge on any atom is -0.492 e. The molecule has 2 heterocycles. The molecular weight excluding hydrogens is 603 g/mol. The molecule has 5 rings (SSSR count). The van der Waals surface area contributed by atoms with E-state index in [1.165, 1.54) is 36.4 Å². The van der Waals surface area contributed by atoms with E-state index in [0.29, 0.717) is 25.6 Å². The quantitative estimate of drug-likeness (QED) is 0.278.